The molecule has 0 bridgehead atoms. The second-order valence-corrected chi connectivity index (χ2v) is 5.95. The Labute approximate surface area is 148 Å². The lowest BCUT2D eigenvalue weighted by Crippen LogP contribution is -2.21. The Morgan fingerprint density at radius 3 is 2.36 bits per heavy atom. The van der Waals surface area contributed by atoms with Gasteiger partial charge in [0.15, 0.2) is 6.61 Å². The Morgan fingerprint density at radius 1 is 1.00 bits per heavy atom. The molecule has 0 unspecified atom stereocenters. The minimum absolute atomic E-state index is 0.0885. The van der Waals surface area contributed by atoms with Crippen LogP contribution in [0.3, 0.4) is 0 Å². The van der Waals surface area contributed by atoms with Crippen molar-refractivity contribution >= 4 is 17.6 Å². The van der Waals surface area contributed by atoms with Crippen LogP contribution in [0, 0.1) is 20.8 Å². The zero-order chi connectivity index (χ0) is 18.2. The van der Waals surface area contributed by atoms with Crippen molar-refractivity contribution in [2.24, 2.45) is 0 Å². The molecule has 0 fully saturated rings. The second-order valence-electron chi connectivity index (χ2n) is 5.95. The van der Waals surface area contributed by atoms with Crippen LogP contribution in [0.2, 0.25) is 0 Å². The molecule has 0 aliphatic carbocycles. The summed E-state index contributed by atoms with van der Waals surface area (Å²) in [5.74, 6) is -0.0924. The van der Waals surface area contributed by atoms with Crippen LogP contribution in [0.15, 0.2) is 42.5 Å². The highest BCUT2D eigenvalue weighted by Gasteiger charge is 2.09. The number of anilines is 1. The van der Waals surface area contributed by atoms with E-state index >= 15 is 0 Å². The Balaban J connectivity index is 1.70. The Hall–Kier alpha value is -2.82. The summed E-state index contributed by atoms with van der Waals surface area (Å²) in [4.78, 5) is 23.6. The molecule has 0 aromatic heterocycles. The summed E-state index contributed by atoms with van der Waals surface area (Å²) >= 11 is 0. The van der Waals surface area contributed by atoms with Gasteiger partial charge in [0, 0.05) is 5.69 Å². The highest BCUT2D eigenvalue weighted by Crippen LogP contribution is 2.16. The van der Waals surface area contributed by atoms with Crippen LogP contribution < -0.4 is 10.1 Å². The molecule has 0 heterocycles. The molecule has 1 amide bonds. The van der Waals surface area contributed by atoms with Crippen LogP contribution in [-0.2, 0) is 14.3 Å². The number of ether oxygens (including phenoxy) is 2. The molecule has 2 aromatic rings. The van der Waals surface area contributed by atoms with E-state index in [1.54, 1.807) is 0 Å². The Bertz CT molecular complexity index is 735. The van der Waals surface area contributed by atoms with Crippen molar-refractivity contribution in [3.63, 3.8) is 0 Å². The molecule has 2 aromatic carbocycles. The van der Waals surface area contributed by atoms with Gasteiger partial charge in [-0.3, -0.25) is 9.59 Å². The third kappa shape index (κ3) is 6.30. The van der Waals surface area contributed by atoms with Crippen LogP contribution in [-0.4, -0.2) is 25.1 Å². The number of benzene rings is 2. The second kappa shape index (κ2) is 8.87. The van der Waals surface area contributed by atoms with Gasteiger partial charge in [-0.25, -0.2) is 0 Å². The van der Waals surface area contributed by atoms with Gasteiger partial charge >= 0.3 is 5.97 Å². The standard InChI is InChI=1S/C20H23NO4/c1-14-10-15(2)12-17(11-14)21-19(22)13-25-20(23)8-9-24-18-7-5-4-6-16(18)3/h4-7,10-12H,8-9,13H2,1-3H3,(H,21,22). The Morgan fingerprint density at radius 2 is 1.68 bits per heavy atom. The van der Waals surface area contributed by atoms with Crippen LogP contribution in [0.5, 0.6) is 5.75 Å². The van der Waals surface area contributed by atoms with Crippen molar-refractivity contribution in [1.29, 1.82) is 0 Å². The average molecular weight is 341 g/mol. The molecule has 0 aliphatic rings. The van der Waals surface area contributed by atoms with Crippen molar-refractivity contribution in [2.45, 2.75) is 27.2 Å². The van der Waals surface area contributed by atoms with Crippen molar-refractivity contribution in [3.8, 4) is 5.75 Å². The fraction of sp³-hybridized carbons (Fsp3) is 0.300. The molecule has 0 atom stereocenters. The Kier molecular flexibility index (Phi) is 6.57. The maximum atomic E-state index is 11.9. The molecule has 25 heavy (non-hydrogen) atoms. The normalized spacial score (nSPS) is 10.2. The van der Waals surface area contributed by atoms with Gasteiger partial charge in [-0.2, -0.15) is 0 Å². The number of hydrogen-bond acceptors (Lipinski definition) is 4. The van der Waals surface area contributed by atoms with Gasteiger partial charge in [-0.1, -0.05) is 24.3 Å². The van der Waals surface area contributed by atoms with Gasteiger partial charge in [-0.15, -0.1) is 0 Å². The SMILES string of the molecule is Cc1cc(C)cc(NC(=O)COC(=O)CCOc2ccccc2C)c1. The predicted octanol–water partition coefficient (Wildman–Crippen LogP) is 3.56. The molecule has 5 nitrogen and oxygen atoms in total. The first-order valence-corrected chi connectivity index (χ1v) is 8.16. The number of amides is 1. The van der Waals surface area contributed by atoms with Crippen LogP contribution in [0.1, 0.15) is 23.1 Å². The zero-order valence-electron chi connectivity index (χ0n) is 14.8. The molecular weight excluding hydrogens is 318 g/mol. The van der Waals surface area contributed by atoms with Gasteiger partial charge in [0.25, 0.3) is 5.91 Å². The summed E-state index contributed by atoms with van der Waals surface area (Å²) in [6.45, 7) is 5.75. The third-order valence-corrected chi connectivity index (χ3v) is 3.53. The number of rotatable bonds is 7. The number of esters is 1. The van der Waals surface area contributed by atoms with Gasteiger partial charge < -0.3 is 14.8 Å². The molecule has 0 saturated heterocycles. The zero-order valence-corrected chi connectivity index (χ0v) is 14.8. The largest absolute Gasteiger partial charge is 0.493 e. The fourth-order valence-electron chi connectivity index (χ4n) is 2.42. The van der Waals surface area contributed by atoms with Crippen LogP contribution >= 0.6 is 0 Å². The minimum atomic E-state index is -0.468. The lowest BCUT2D eigenvalue weighted by atomic mass is 10.1. The highest BCUT2D eigenvalue weighted by molar-refractivity contribution is 5.92. The molecule has 0 aliphatic heterocycles. The quantitative estimate of drug-likeness (QED) is 0.782. The van der Waals surface area contributed by atoms with E-state index in [2.05, 4.69) is 5.32 Å². The summed E-state index contributed by atoms with van der Waals surface area (Å²) in [6, 6.07) is 13.3. The predicted molar refractivity (Wildman–Crippen MR) is 96.8 cm³/mol. The molecule has 0 spiro atoms. The number of para-hydroxylation sites is 1. The number of hydrogen-bond donors (Lipinski definition) is 1. The summed E-state index contributed by atoms with van der Waals surface area (Å²) < 4.78 is 10.5. The average Bonchev–Trinajstić information content (AvgIpc) is 2.54. The first-order chi connectivity index (χ1) is 11.9. The number of aryl methyl sites for hydroxylation is 3. The molecule has 0 radical (unpaired) electrons. The lowest BCUT2D eigenvalue weighted by molar-refractivity contribution is -0.147. The van der Waals surface area contributed by atoms with Crippen molar-refractivity contribution in [1.82, 2.24) is 0 Å². The van der Waals surface area contributed by atoms with Gasteiger partial charge in [0.1, 0.15) is 5.75 Å². The molecule has 2 rings (SSSR count). The molecule has 1 N–H and O–H groups in total. The summed E-state index contributed by atoms with van der Waals surface area (Å²) in [5, 5.41) is 2.72. The van der Waals surface area contributed by atoms with Crippen molar-refractivity contribution in [2.75, 3.05) is 18.5 Å². The van der Waals surface area contributed by atoms with Gasteiger partial charge in [-0.05, 0) is 55.7 Å². The van der Waals surface area contributed by atoms with Crippen molar-refractivity contribution < 1.29 is 19.1 Å². The van der Waals surface area contributed by atoms with E-state index in [9.17, 15) is 9.59 Å². The van der Waals surface area contributed by atoms with E-state index < -0.39 is 5.97 Å². The van der Waals surface area contributed by atoms with E-state index in [1.165, 1.54) is 0 Å². The summed E-state index contributed by atoms with van der Waals surface area (Å²) in [5.41, 5.74) is 3.81. The molecule has 5 heteroatoms. The van der Waals surface area contributed by atoms with E-state index in [0.29, 0.717) is 5.69 Å². The molecule has 132 valence electrons. The van der Waals surface area contributed by atoms with Gasteiger partial charge in [0.05, 0.1) is 13.0 Å². The topological polar surface area (TPSA) is 64.6 Å². The maximum Gasteiger partial charge on any atom is 0.309 e. The van der Waals surface area contributed by atoms with E-state index in [-0.39, 0.29) is 25.5 Å². The van der Waals surface area contributed by atoms with E-state index in [1.807, 2.05) is 63.2 Å². The first kappa shape index (κ1) is 18.5. The molecular formula is C20H23NO4. The number of carbonyl (C=O) groups excluding carboxylic acids is 2. The van der Waals surface area contributed by atoms with E-state index in [4.69, 9.17) is 9.47 Å². The van der Waals surface area contributed by atoms with Gasteiger partial charge in [0.2, 0.25) is 0 Å². The van der Waals surface area contributed by atoms with E-state index in [0.717, 1.165) is 22.4 Å². The third-order valence-electron chi connectivity index (χ3n) is 3.53. The van der Waals surface area contributed by atoms with Crippen molar-refractivity contribution in [3.05, 3.63) is 59.2 Å². The minimum Gasteiger partial charge on any atom is -0.493 e. The number of carbonyl (C=O) groups is 2. The van der Waals surface area contributed by atoms with Crippen LogP contribution in [0.4, 0.5) is 5.69 Å². The molecule has 0 saturated carbocycles. The smallest absolute Gasteiger partial charge is 0.309 e. The lowest BCUT2D eigenvalue weighted by Gasteiger charge is -2.10. The monoisotopic (exact) mass is 341 g/mol. The fourth-order valence-corrected chi connectivity index (χ4v) is 2.42. The highest BCUT2D eigenvalue weighted by atomic mass is 16.5. The maximum absolute atomic E-state index is 11.9. The summed E-state index contributed by atoms with van der Waals surface area (Å²) in [7, 11) is 0. The summed E-state index contributed by atoms with van der Waals surface area (Å²) in [6.07, 6.45) is 0.0885. The van der Waals surface area contributed by atoms with Crippen LogP contribution in [0.25, 0.3) is 0 Å². The number of nitrogens with one attached hydrogen (secondary N) is 1. The first-order valence-electron chi connectivity index (χ1n) is 8.16.